The molecule has 1 aromatic carbocycles. The Hall–Kier alpha value is -2.96. The molecular weight excluding hydrogens is 324 g/mol. The van der Waals surface area contributed by atoms with E-state index < -0.39 is 0 Å². The molecule has 0 atom stereocenters. The first-order chi connectivity index (χ1) is 12.1. The van der Waals surface area contributed by atoms with Gasteiger partial charge < -0.3 is 24.1 Å². The molecule has 7 heteroatoms. The molecule has 2 amide bonds. The molecule has 7 nitrogen and oxygen atoms in total. The van der Waals surface area contributed by atoms with E-state index in [-0.39, 0.29) is 18.4 Å². The zero-order valence-corrected chi connectivity index (χ0v) is 14.4. The van der Waals surface area contributed by atoms with Crippen LogP contribution in [-0.4, -0.2) is 43.5 Å². The highest BCUT2D eigenvalue weighted by Gasteiger charge is 2.12. The number of nitrogens with zero attached hydrogens (tertiary/aromatic N) is 1. The van der Waals surface area contributed by atoms with E-state index in [1.807, 2.05) is 6.07 Å². The molecule has 0 bridgehead atoms. The highest BCUT2D eigenvalue weighted by atomic mass is 16.5. The van der Waals surface area contributed by atoms with E-state index in [1.54, 1.807) is 41.5 Å². The number of rotatable bonds is 9. The summed E-state index contributed by atoms with van der Waals surface area (Å²) in [5.41, 5.74) is 0. The van der Waals surface area contributed by atoms with Gasteiger partial charge in [-0.3, -0.25) is 9.59 Å². The van der Waals surface area contributed by atoms with Crippen molar-refractivity contribution in [2.24, 2.45) is 0 Å². The van der Waals surface area contributed by atoms with Gasteiger partial charge in [0.05, 0.1) is 19.9 Å². The number of ether oxygens (including phenoxy) is 2. The summed E-state index contributed by atoms with van der Waals surface area (Å²) in [7, 11) is 1.54. The van der Waals surface area contributed by atoms with Crippen LogP contribution < -0.4 is 14.8 Å². The van der Waals surface area contributed by atoms with Gasteiger partial charge in [-0.1, -0.05) is 12.1 Å². The van der Waals surface area contributed by atoms with Crippen LogP contribution in [0.3, 0.4) is 0 Å². The Labute approximate surface area is 146 Å². The highest BCUT2D eigenvalue weighted by molar-refractivity contribution is 5.77. The van der Waals surface area contributed by atoms with Crippen LogP contribution in [0.1, 0.15) is 12.7 Å². The van der Waals surface area contributed by atoms with Gasteiger partial charge in [-0.15, -0.1) is 0 Å². The number of amides is 2. The predicted octanol–water partition coefficient (Wildman–Crippen LogP) is 1.83. The smallest absolute Gasteiger partial charge is 0.258 e. The van der Waals surface area contributed by atoms with Gasteiger partial charge in [0.1, 0.15) is 5.76 Å². The van der Waals surface area contributed by atoms with Gasteiger partial charge in [-0.25, -0.2) is 0 Å². The van der Waals surface area contributed by atoms with Crippen LogP contribution in [0.5, 0.6) is 11.5 Å². The Balaban J connectivity index is 1.74. The predicted molar refractivity (Wildman–Crippen MR) is 91.3 cm³/mol. The summed E-state index contributed by atoms with van der Waals surface area (Å²) in [6, 6.07) is 10.7. The number of methoxy groups -OCH3 is 1. The van der Waals surface area contributed by atoms with E-state index in [0.717, 1.165) is 0 Å². The van der Waals surface area contributed by atoms with Crippen LogP contribution in [0, 0.1) is 0 Å². The fraction of sp³-hybridized carbons (Fsp3) is 0.333. The second kappa shape index (κ2) is 9.36. The molecule has 1 N–H and O–H groups in total. The van der Waals surface area contributed by atoms with E-state index in [0.29, 0.717) is 36.9 Å². The average Bonchev–Trinajstić information content (AvgIpc) is 3.12. The number of benzene rings is 1. The summed E-state index contributed by atoms with van der Waals surface area (Å²) in [5, 5.41) is 2.73. The molecule has 25 heavy (non-hydrogen) atoms. The van der Waals surface area contributed by atoms with Gasteiger partial charge in [0.25, 0.3) is 5.91 Å². The SMILES string of the molecule is COc1ccccc1OCC(=O)NCCN(Cc1ccco1)C(C)=O. The van der Waals surface area contributed by atoms with Crippen LogP contribution in [0.25, 0.3) is 0 Å². The minimum atomic E-state index is -0.271. The molecule has 0 saturated carbocycles. The lowest BCUT2D eigenvalue weighted by molar-refractivity contribution is -0.130. The number of hydrogen-bond donors (Lipinski definition) is 1. The summed E-state index contributed by atoms with van der Waals surface area (Å²) in [6.45, 7) is 2.44. The van der Waals surface area contributed by atoms with Crippen molar-refractivity contribution in [1.29, 1.82) is 0 Å². The molecular formula is C18H22N2O5. The quantitative estimate of drug-likeness (QED) is 0.749. The zero-order valence-electron chi connectivity index (χ0n) is 14.4. The lowest BCUT2D eigenvalue weighted by atomic mass is 10.3. The van der Waals surface area contributed by atoms with Crippen LogP contribution in [-0.2, 0) is 16.1 Å². The fourth-order valence-electron chi connectivity index (χ4n) is 2.20. The number of carbonyl (C=O) groups excluding carboxylic acids is 2. The fourth-order valence-corrected chi connectivity index (χ4v) is 2.20. The van der Waals surface area contributed by atoms with Gasteiger partial charge in [-0.05, 0) is 24.3 Å². The summed E-state index contributed by atoms with van der Waals surface area (Å²) in [5.74, 6) is 1.41. The van der Waals surface area contributed by atoms with Crippen LogP contribution in [0.15, 0.2) is 47.1 Å². The molecule has 1 heterocycles. The molecule has 1 aromatic heterocycles. The van der Waals surface area contributed by atoms with Crippen molar-refractivity contribution >= 4 is 11.8 Å². The van der Waals surface area contributed by atoms with Crippen molar-refractivity contribution in [1.82, 2.24) is 10.2 Å². The van der Waals surface area contributed by atoms with Crippen molar-refractivity contribution < 1.29 is 23.5 Å². The number of hydrogen-bond acceptors (Lipinski definition) is 5. The van der Waals surface area contributed by atoms with Gasteiger partial charge in [0.15, 0.2) is 18.1 Å². The molecule has 0 saturated heterocycles. The Morgan fingerprint density at radius 2 is 1.92 bits per heavy atom. The molecule has 0 fully saturated rings. The number of para-hydroxylation sites is 2. The summed E-state index contributed by atoms with van der Waals surface area (Å²) < 4.78 is 15.8. The minimum absolute atomic E-state index is 0.0871. The Bertz CT molecular complexity index is 685. The molecule has 0 aliphatic carbocycles. The third-order valence-electron chi connectivity index (χ3n) is 3.50. The Morgan fingerprint density at radius 1 is 1.16 bits per heavy atom. The van der Waals surface area contributed by atoms with Crippen molar-refractivity contribution in [3.8, 4) is 11.5 Å². The first kappa shape index (κ1) is 18.4. The molecule has 2 aromatic rings. The number of carbonyl (C=O) groups is 2. The third kappa shape index (κ3) is 5.87. The molecule has 0 aliphatic rings. The summed E-state index contributed by atoms with van der Waals surface area (Å²) >= 11 is 0. The Kier molecular flexibility index (Phi) is 6.88. The van der Waals surface area contributed by atoms with Crippen molar-refractivity contribution in [3.05, 3.63) is 48.4 Å². The maximum absolute atomic E-state index is 11.9. The van der Waals surface area contributed by atoms with Crippen molar-refractivity contribution in [2.75, 3.05) is 26.8 Å². The highest BCUT2D eigenvalue weighted by Crippen LogP contribution is 2.25. The molecule has 0 unspecified atom stereocenters. The van der Waals surface area contributed by atoms with Crippen LogP contribution >= 0.6 is 0 Å². The third-order valence-corrected chi connectivity index (χ3v) is 3.50. The van der Waals surface area contributed by atoms with E-state index in [2.05, 4.69) is 5.32 Å². The van der Waals surface area contributed by atoms with E-state index in [9.17, 15) is 9.59 Å². The lowest BCUT2D eigenvalue weighted by Gasteiger charge is -2.20. The van der Waals surface area contributed by atoms with Crippen molar-refractivity contribution in [2.45, 2.75) is 13.5 Å². The first-order valence-electron chi connectivity index (χ1n) is 7.90. The maximum atomic E-state index is 11.9. The van der Waals surface area contributed by atoms with E-state index in [1.165, 1.54) is 14.0 Å². The molecule has 0 spiro atoms. The second-order valence-corrected chi connectivity index (χ2v) is 5.31. The van der Waals surface area contributed by atoms with E-state index in [4.69, 9.17) is 13.9 Å². The molecule has 0 aliphatic heterocycles. The largest absolute Gasteiger partial charge is 0.493 e. The average molecular weight is 346 g/mol. The van der Waals surface area contributed by atoms with Crippen LogP contribution in [0.2, 0.25) is 0 Å². The summed E-state index contributed by atoms with van der Waals surface area (Å²) in [6.07, 6.45) is 1.56. The molecule has 0 radical (unpaired) electrons. The topological polar surface area (TPSA) is 81.0 Å². The number of nitrogens with one attached hydrogen (secondary N) is 1. The minimum Gasteiger partial charge on any atom is -0.493 e. The number of furan rings is 1. The van der Waals surface area contributed by atoms with Crippen LogP contribution in [0.4, 0.5) is 0 Å². The van der Waals surface area contributed by atoms with Crippen molar-refractivity contribution in [3.63, 3.8) is 0 Å². The van der Waals surface area contributed by atoms with Gasteiger partial charge in [0, 0.05) is 20.0 Å². The Morgan fingerprint density at radius 3 is 2.56 bits per heavy atom. The lowest BCUT2D eigenvalue weighted by Crippen LogP contribution is -2.38. The monoisotopic (exact) mass is 346 g/mol. The summed E-state index contributed by atoms with van der Waals surface area (Å²) in [4.78, 5) is 25.1. The molecule has 2 rings (SSSR count). The first-order valence-corrected chi connectivity index (χ1v) is 7.90. The molecule has 134 valence electrons. The second-order valence-electron chi connectivity index (χ2n) is 5.31. The van der Waals surface area contributed by atoms with Gasteiger partial charge in [0.2, 0.25) is 5.91 Å². The van der Waals surface area contributed by atoms with Gasteiger partial charge in [-0.2, -0.15) is 0 Å². The normalized spacial score (nSPS) is 10.2. The van der Waals surface area contributed by atoms with E-state index >= 15 is 0 Å². The maximum Gasteiger partial charge on any atom is 0.258 e. The zero-order chi connectivity index (χ0) is 18.1. The van der Waals surface area contributed by atoms with Gasteiger partial charge >= 0.3 is 0 Å². The standard InChI is InChI=1S/C18H22N2O5/c1-14(21)20(12-15-6-5-11-24-15)10-9-19-18(22)13-25-17-8-4-3-7-16(17)23-2/h3-8,11H,9-10,12-13H2,1-2H3,(H,19,22).